The average Bonchev–Trinajstić information content (AvgIpc) is 2.30. The van der Waals surface area contributed by atoms with Crippen LogP contribution in [0.1, 0.15) is 33.6 Å². The first-order chi connectivity index (χ1) is 5.54. The SMILES string of the molecule is C=C(C)C(=O)N1[C@@H](C)CC[C@@H]1C. The molecule has 1 rings (SSSR count). The van der Waals surface area contributed by atoms with Crippen LogP contribution in [0.4, 0.5) is 0 Å². The highest BCUT2D eigenvalue weighted by atomic mass is 16.2. The molecule has 12 heavy (non-hydrogen) atoms. The molecule has 1 aliphatic heterocycles. The molecule has 0 radical (unpaired) electrons. The van der Waals surface area contributed by atoms with E-state index in [1.807, 2.05) is 4.90 Å². The molecular weight excluding hydrogens is 150 g/mol. The molecule has 1 amide bonds. The molecule has 0 saturated carbocycles. The highest BCUT2D eigenvalue weighted by Gasteiger charge is 2.31. The van der Waals surface area contributed by atoms with Crippen molar-refractivity contribution in [3.8, 4) is 0 Å². The van der Waals surface area contributed by atoms with E-state index in [4.69, 9.17) is 0 Å². The molecule has 2 nitrogen and oxygen atoms in total. The van der Waals surface area contributed by atoms with Gasteiger partial charge in [-0.3, -0.25) is 4.79 Å². The van der Waals surface area contributed by atoms with Crippen LogP contribution in [0.25, 0.3) is 0 Å². The molecule has 0 unspecified atom stereocenters. The number of carbonyl (C=O) groups excluding carboxylic acids is 1. The van der Waals surface area contributed by atoms with Crippen LogP contribution in [0.2, 0.25) is 0 Å². The summed E-state index contributed by atoms with van der Waals surface area (Å²) in [5, 5.41) is 0. The zero-order valence-electron chi connectivity index (χ0n) is 8.13. The Labute approximate surface area is 74.2 Å². The predicted octanol–water partition coefficient (Wildman–Crippen LogP) is 1.96. The Bertz CT molecular complexity index is 200. The van der Waals surface area contributed by atoms with Crippen molar-refractivity contribution in [1.29, 1.82) is 0 Å². The average molecular weight is 167 g/mol. The zero-order chi connectivity index (χ0) is 9.30. The van der Waals surface area contributed by atoms with Gasteiger partial charge in [-0.05, 0) is 33.6 Å². The second kappa shape index (κ2) is 3.30. The highest BCUT2D eigenvalue weighted by molar-refractivity contribution is 5.92. The summed E-state index contributed by atoms with van der Waals surface area (Å²) in [5.74, 6) is 0.118. The van der Waals surface area contributed by atoms with Gasteiger partial charge in [0.1, 0.15) is 0 Å². The molecular formula is C10H17NO. The lowest BCUT2D eigenvalue weighted by atomic mass is 10.2. The van der Waals surface area contributed by atoms with Crippen LogP contribution < -0.4 is 0 Å². The van der Waals surface area contributed by atoms with Crippen molar-refractivity contribution in [2.24, 2.45) is 0 Å². The quantitative estimate of drug-likeness (QED) is 0.547. The van der Waals surface area contributed by atoms with Gasteiger partial charge in [-0.2, -0.15) is 0 Å². The third-order valence-corrected chi connectivity index (χ3v) is 2.55. The van der Waals surface area contributed by atoms with Gasteiger partial charge < -0.3 is 4.90 Å². The molecule has 0 aromatic heterocycles. The van der Waals surface area contributed by atoms with Gasteiger partial charge in [-0.15, -0.1) is 0 Å². The maximum atomic E-state index is 11.6. The van der Waals surface area contributed by atoms with Crippen LogP contribution in [0.15, 0.2) is 12.2 Å². The van der Waals surface area contributed by atoms with Crippen LogP contribution in [0.5, 0.6) is 0 Å². The molecule has 0 aromatic rings. The monoisotopic (exact) mass is 167 g/mol. The van der Waals surface area contributed by atoms with E-state index in [9.17, 15) is 4.79 Å². The first-order valence-corrected chi connectivity index (χ1v) is 4.52. The summed E-state index contributed by atoms with van der Waals surface area (Å²) in [6, 6.07) is 0.786. The Morgan fingerprint density at radius 3 is 2.08 bits per heavy atom. The zero-order valence-corrected chi connectivity index (χ0v) is 8.13. The third-order valence-electron chi connectivity index (χ3n) is 2.55. The van der Waals surface area contributed by atoms with Crippen molar-refractivity contribution in [3.05, 3.63) is 12.2 Å². The minimum absolute atomic E-state index is 0.118. The van der Waals surface area contributed by atoms with Crippen molar-refractivity contribution >= 4 is 5.91 Å². The molecule has 1 saturated heterocycles. The minimum atomic E-state index is 0.118. The number of hydrogen-bond donors (Lipinski definition) is 0. The number of likely N-dealkylation sites (tertiary alicyclic amines) is 1. The fraction of sp³-hybridized carbons (Fsp3) is 0.700. The van der Waals surface area contributed by atoms with E-state index in [-0.39, 0.29) is 5.91 Å². The minimum Gasteiger partial charge on any atom is -0.334 e. The molecule has 1 fully saturated rings. The molecule has 1 aliphatic rings. The van der Waals surface area contributed by atoms with E-state index >= 15 is 0 Å². The molecule has 0 spiro atoms. The lowest BCUT2D eigenvalue weighted by molar-refractivity contribution is -0.129. The lowest BCUT2D eigenvalue weighted by Gasteiger charge is -2.26. The molecule has 0 bridgehead atoms. The number of hydrogen-bond acceptors (Lipinski definition) is 1. The first kappa shape index (κ1) is 9.30. The Kier molecular flexibility index (Phi) is 2.55. The third kappa shape index (κ3) is 1.52. The molecule has 0 aromatic carbocycles. The fourth-order valence-electron chi connectivity index (χ4n) is 1.82. The summed E-state index contributed by atoms with van der Waals surface area (Å²) in [6.07, 6.45) is 2.25. The van der Waals surface area contributed by atoms with Crippen LogP contribution in [-0.4, -0.2) is 22.9 Å². The van der Waals surface area contributed by atoms with E-state index in [2.05, 4.69) is 20.4 Å². The van der Waals surface area contributed by atoms with Gasteiger partial charge in [0, 0.05) is 17.7 Å². The number of carbonyl (C=O) groups is 1. The fourth-order valence-corrected chi connectivity index (χ4v) is 1.82. The topological polar surface area (TPSA) is 20.3 Å². The second-order valence-electron chi connectivity index (χ2n) is 3.77. The number of amides is 1. The van der Waals surface area contributed by atoms with Gasteiger partial charge in [0.05, 0.1) is 0 Å². The van der Waals surface area contributed by atoms with Crippen molar-refractivity contribution in [1.82, 2.24) is 4.90 Å². The first-order valence-electron chi connectivity index (χ1n) is 4.52. The molecule has 0 N–H and O–H groups in total. The maximum Gasteiger partial charge on any atom is 0.249 e. The summed E-state index contributed by atoms with van der Waals surface area (Å²) < 4.78 is 0. The van der Waals surface area contributed by atoms with Crippen LogP contribution in [-0.2, 0) is 4.79 Å². The van der Waals surface area contributed by atoms with Gasteiger partial charge in [-0.25, -0.2) is 0 Å². The number of nitrogens with zero attached hydrogens (tertiary/aromatic N) is 1. The smallest absolute Gasteiger partial charge is 0.249 e. The van der Waals surface area contributed by atoms with Crippen molar-refractivity contribution < 1.29 is 4.79 Å². The molecule has 0 aliphatic carbocycles. The van der Waals surface area contributed by atoms with E-state index < -0.39 is 0 Å². The van der Waals surface area contributed by atoms with Gasteiger partial charge >= 0.3 is 0 Å². The normalized spacial score (nSPS) is 29.1. The Morgan fingerprint density at radius 2 is 1.75 bits per heavy atom. The largest absolute Gasteiger partial charge is 0.334 e. The summed E-state index contributed by atoms with van der Waals surface area (Å²) in [7, 11) is 0. The van der Waals surface area contributed by atoms with Gasteiger partial charge in [0.15, 0.2) is 0 Å². The second-order valence-corrected chi connectivity index (χ2v) is 3.77. The van der Waals surface area contributed by atoms with Gasteiger partial charge in [-0.1, -0.05) is 6.58 Å². The van der Waals surface area contributed by atoms with Gasteiger partial charge in [0.25, 0.3) is 0 Å². The van der Waals surface area contributed by atoms with Gasteiger partial charge in [0.2, 0.25) is 5.91 Å². The number of rotatable bonds is 1. The summed E-state index contributed by atoms with van der Waals surface area (Å²) in [5.41, 5.74) is 0.649. The Hall–Kier alpha value is -0.790. The highest BCUT2D eigenvalue weighted by Crippen LogP contribution is 2.24. The molecule has 2 atom stereocenters. The van der Waals surface area contributed by atoms with E-state index in [0.29, 0.717) is 17.7 Å². The van der Waals surface area contributed by atoms with Crippen molar-refractivity contribution in [2.75, 3.05) is 0 Å². The van der Waals surface area contributed by atoms with Crippen molar-refractivity contribution in [3.63, 3.8) is 0 Å². The predicted molar refractivity (Wildman–Crippen MR) is 49.8 cm³/mol. The van der Waals surface area contributed by atoms with Crippen LogP contribution in [0, 0.1) is 0 Å². The molecule has 68 valence electrons. The van der Waals surface area contributed by atoms with Crippen LogP contribution in [0.3, 0.4) is 0 Å². The molecule has 1 heterocycles. The van der Waals surface area contributed by atoms with E-state index in [1.54, 1.807) is 6.92 Å². The molecule has 2 heteroatoms. The lowest BCUT2D eigenvalue weighted by Crippen LogP contribution is -2.38. The Morgan fingerprint density at radius 1 is 1.33 bits per heavy atom. The standard InChI is InChI=1S/C10H17NO/c1-7(2)10(12)11-8(3)5-6-9(11)4/h8-9H,1,5-6H2,2-4H3/t8-,9-/m0/s1. The maximum absolute atomic E-state index is 11.6. The van der Waals surface area contributed by atoms with E-state index in [0.717, 1.165) is 12.8 Å². The van der Waals surface area contributed by atoms with Crippen molar-refractivity contribution in [2.45, 2.75) is 45.7 Å². The Balaban J connectivity index is 2.72. The van der Waals surface area contributed by atoms with E-state index in [1.165, 1.54) is 0 Å². The summed E-state index contributed by atoms with van der Waals surface area (Å²) in [6.45, 7) is 9.66. The summed E-state index contributed by atoms with van der Waals surface area (Å²) >= 11 is 0. The summed E-state index contributed by atoms with van der Waals surface area (Å²) in [4.78, 5) is 13.5. The van der Waals surface area contributed by atoms with Crippen LogP contribution >= 0.6 is 0 Å².